The van der Waals surface area contributed by atoms with Crippen LogP contribution in [0.1, 0.15) is 23.2 Å². The summed E-state index contributed by atoms with van der Waals surface area (Å²) in [6.45, 7) is 6.99. The van der Waals surface area contributed by atoms with E-state index in [2.05, 4.69) is 9.88 Å². The Kier molecular flexibility index (Phi) is 4.97. The normalized spacial score (nSPS) is 16.3. The second kappa shape index (κ2) is 6.71. The zero-order valence-corrected chi connectivity index (χ0v) is 12.1. The van der Waals surface area contributed by atoms with E-state index in [-0.39, 0.29) is 5.69 Å². The summed E-state index contributed by atoms with van der Waals surface area (Å²) in [6.07, 6.45) is 0.726. The maximum absolute atomic E-state index is 11.6. The quantitative estimate of drug-likeness (QED) is 0.774. The first-order valence-electron chi connectivity index (χ1n) is 6.90. The molecule has 112 valence electrons. The number of nitrogen functional groups attached to an aromatic ring is 1. The molecule has 20 heavy (non-hydrogen) atoms. The van der Waals surface area contributed by atoms with E-state index in [9.17, 15) is 4.79 Å². The van der Waals surface area contributed by atoms with Crippen molar-refractivity contribution in [1.29, 1.82) is 0 Å². The highest BCUT2D eigenvalue weighted by Crippen LogP contribution is 2.16. The first-order valence-corrected chi connectivity index (χ1v) is 6.90. The molecule has 0 aromatic carbocycles. The van der Waals surface area contributed by atoms with Gasteiger partial charge in [-0.15, -0.1) is 0 Å². The highest BCUT2D eigenvalue weighted by Gasteiger charge is 2.20. The first kappa shape index (κ1) is 14.8. The van der Waals surface area contributed by atoms with Crippen LogP contribution in [0.25, 0.3) is 0 Å². The standard InChI is InChI=1S/C13H22N4O3/c1-3-10-15-11(13(18)19-2)12(14)17(10)5-4-16-6-8-20-9-7-16/h3-9,14H2,1-2H3. The van der Waals surface area contributed by atoms with E-state index in [0.717, 1.165) is 51.6 Å². The Morgan fingerprint density at radius 3 is 2.70 bits per heavy atom. The number of morpholine rings is 1. The number of carbonyl (C=O) groups is 1. The second-order valence-corrected chi connectivity index (χ2v) is 4.71. The number of hydrogen-bond donors (Lipinski definition) is 1. The molecule has 0 aliphatic carbocycles. The van der Waals surface area contributed by atoms with Gasteiger partial charge in [0.2, 0.25) is 0 Å². The van der Waals surface area contributed by atoms with Gasteiger partial charge in [-0.25, -0.2) is 9.78 Å². The molecule has 7 nitrogen and oxygen atoms in total. The summed E-state index contributed by atoms with van der Waals surface area (Å²) in [5.74, 6) is 0.723. The number of aromatic nitrogens is 2. The van der Waals surface area contributed by atoms with E-state index in [1.807, 2.05) is 11.5 Å². The van der Waals surface area contributed by atoms with Crippen LogP contribution in [0.3, 0.4) is 0 Å². The monoisotopic (exact) mass is 282 g/mol. The van der Waals surface area contributed by atoms with Crippen molar-refractivity contribution < 1.29 is 14.3 Å². The van der Waals surface area contributed by atoms with E-state index < -0.39 is 5.97 Å². The highest BCUT2D eigenvalue weighted by atomic mass is 16.5. The maximum atomic E-state index is 11.6. The van der Waals surface area contributed by atoms with Gasteiger partial charge in [0.05, 0.1) is 20.3 Å². The largest absolute Gasteiger partial charge is 0.464 e. The van der Waals surface area contributed by atoms with Crippen molar-refractivity contribution in [2.24, 2.45) is 0 Å². The topological polar surface area (TPSA) is 82.6 Å². The molecule has 0 amide bonds. The molecule has 0 saturated carbocycles. The Hall–Kier alpha value is -1.60. The second-order valence-electron chi connectivity index (χ2n) is 4.71. The van der Waals surface area contributed by atoms with Crippen LogP contribution < -0.4 is 5.73 Å². The molecule has 0 bridgehead atoms. The van der Waals surface area contributed by atoms with Crippen LogP contribution in [0, 0.1) is 0 Å². The SMILES string of the molecule is CCc1nc(C(=O)OC)c(N)n1CCN1CCOCC1. The number of methoxy groups -OCH3 is 1. The molecule has 2 rings (SSSR count). The lowest BCUT2D eigenvalue weighted by Crippen LogP contribution is -2.38. The third-order valence-corrected chi connectivity index (χ3v) is 3.52. The summed E-state index contributed by atoms with van der Waals surface area (Å²) >= 11 is 0. The minimum absolute atomic E-state index is 0.214. The lowest BCUT2D eigenvalue weighted by atomic mass is 10.4. The number of esters is 1. The van der Waals surface area contributed by atoms with Crippen LogP contribution in [0.2, 0.25) is 0 Å². The van der Waals surface area contributed by atoms with Gasteiger partial charge in [-0.05, 0) is 0 Å². The van der Waals surface area contributed by atoms with Gasteiger partial charge in [0.1, 0.15) is 11.6 Å². The number of rotatable bonds is 5. The molecule has 1 fully saturated rings. The number of carbonyl (C=O) groups excluding carboxylic acids is 1. The van der Waals surface area contributed by atoms with Crippen LogP contribution in [0.15, 0.2) is 0 Å². The van der Waals surface area contributed by atoms with Crippen LogP contribution >= 0.6 is 0 Å². The summed E-state index contributed by atoms with van der Waals surface area (Å²) in [5, 5.41) is 0. The van der Waals surface area contributed by atoms with E-state index in [4.69, 9.17) is 15.2 Å². The fraction of sp³-hybridized carbons (Fsp3) is 0.692. The van der Waals surface area contributed by atoms with Crippen molar-refractivity contribution >= 4 is 11.8 Å². The van der Waals surface area contributed by atoms with Crippen molar-refractivity contribution in [2.45, 2.75) is 19.9 Å². The van der Waals surface area contributed by atoms with Gasteiger partial charge in [0.25, 0.3) is 0 Å². The average molecular weight is 282 g/mol. The van der Waals surface area contributed by atoms with Crippen molar-refractivity contribution in [1.82, 2.24) is 14.5 Å². The number of ether oxygens (including phenoxy) is 2. The van der Waals surface area contributed by atoms with Gasteiger partial charge in [-0.1, -0.05) is 6.92 Å². The Labute approximate surface area is 118 Å². The fourth-order valence-corrected chi connectivity index (χ4v) is 2.35. The Morgan fingerprint density at radius 1 is 1.40 bits per heavy atom. The molecular formula is C13H22N4O3. The maximum Gasteiger partial charge on any atom is 0.360 e. The fourth-order valence-electron chi connectivity index (χ4n) is 2.35. The third kappa shape index (κ3) is 3.10. The van der Waals surface area contributed by atoms with Gasteiger partial charge >= 0.3 is 5.97 Å². The van der Waals surface area contributed by atoms with Crippen LogP contribution in [0.5, 0.6) is 0 Å². The summed E-state index contributed by atoms with van der Waals surface area (Å²) in [7, 11) is 1.33. The average Bonchev–Trinajstić information content (AvgIpc) is 2.81. The van der Waals surface area contributed by atoms with Crippen LogP contribution in [0.4, 0.5) is 5.82 Å². The van der Waals surface area contributed by atoms with Gasteiger partial charge in [0, 0.05) is 32.6 Å². The number of hydrogen-bond acceptors (Lipinski definition) is 6. The lowest BCUT2D eigenvalue weighted by Gasteiger charge is -2.27. The molecule has 0 radical (unpaired) electrons. The zero-order chi connectivity index (χ0) is 14.5. The molecule has 2 N–H and O–H groups in total. The number of aryl methyl sites for hydroxylation is 1. The van der Waals surface area contributed by atoms with Gasteiger partial charge in [-0.3, -0.25) is 4.90 Å². The molecule has 0 atom stereocenters. The lowest BCUT2D eigenvalue weighted by molar-refractivity contribution is 0.0364. The van der Waals surface area contributed by atoms with Crippen LogP contribution in [-0.4, -0.2) is 60.4 Å². The van der Waals surface area contributed by atoms with E-state index in [1.165, 1.54) is 7.11 Å². The molecule has 2 heterocycles. The summed E-state index contributed by atoms with van der Waals surface area (Å²) < 4.78 is 11.9. The van der Waals surface area contributed by atoms with Gasteiger partial charge in [0.15, 0.2) is 5.69 Å². The first-order chi connectivity index (χ1) is 9.67. The smallest absolute Gasteiger partial charge is 0.360 e. The molecule has 1 aliphatic heterocycles. The molecule has 1 aromatic rings. The van der Waals surface area contributed by atoms with Crippen molar-refractivity contribution in [3.63, 3.8) is 0 Å². The minimum atomic E-state index is -0.484. The third-order valence-electron chi connectivity index (χ3n) is 3.52. The Balaban J connectivity index is 2.09. The summed E-state index contributed by atoms with van der Waals surface area (Å²) in [6, 6.07) is 0. The highest BCUT2D eigenvalue weighted by molar-refractivity contribution is 5.92. The Bertz CT molecular complexity index is 466. The molecule has 7 heteroatoms. The summed E-state index contributed by atoms with van der Waals surface area (Å²) in [4.78, 5) is 18.2. The number of anilines is 1. The van der Waals surface area contributed by atoms with Crippen molar-refractivity contribution in [3.8, 4) is 0 Å². The molecule has 0 unspecified atom stereocenters. The number of imidazole rings is 1. The van der Waals surface area contributed by atoms with Gasteiger partial charge in [-0.2, -0.15) is 0 Å². The number of nitrogens with two attached hydrogens (primary N) is 1. The van der Waals surface area contributed by atoms with Gasteiger partial charge < -0.3 is 19.8 Å². The van der Waals surface area contributed by atoms with E-state index in [0.29, 0.717) is 5.82 Å². The van der Waals surface area contributed by atoms with E-state index >= 15 is 0 Å². The predicted octanol–water partition coefficient (Wildman–Crippen LogP) is 0.147. The molecule has 0 spiro atoms. The van der Waals surface area contributed by atoms with Crippen molar-refractivity contribution in [2.75, 3.05) is 45.7 Å². The molecule has 1 aromatic heterocycles. The molecule has 1 aliphatic rings. The van der Waals surface area contributed by atoms with E-state index in [1.54, 1.807) is 0 Å². The molecule has 1 saturated heterocycles. The van der Waals surface area contributed by atoms with Crippen molar-refractivity contribution in [3.05, 3.63) is 11.5 Å². The minimum Gasteiger partial charge on any atom is -0.464 e. The molecular weight excluding hydrogens is 260 g/mol. The predicted molar refractivity (Wildman–Crippen MR) is 74.6 cm³/mol. The Morgan fingerprint density at radius 2 is 2.10 bits per heavy atom. The number of nitrogens with zero attached hydrogens (tertiary/aromatic N) is 3. The van der Waals surface area contributed by atoms with Crippen LogP contribution in [-0.2, 0) is 22.4 Å². The zero-order valence-electron chi connectivity index (χ0n) is 12.1. The summed E-state index contributed by atoms with van der Waals surface area (Å²) in [5.41, 5.74) is 6.24.